The van der Waals surface area contributed by atoms with Crippen molar-refractivity contribution in [1.29, 1.82) is 0 Å². The summed E-state index contributed by atoms with van der Waals surface area (Å²) in [7, 11) is 0. The highest BCUT2D eigenvalue weighted by Gasteiger charge is 2.42. The van der Waals surface area contributed by atoms with Gasteiger partial charge in [0.05, 0.1) is 18.2 Å². The first-order valence-corrected chi connectivity index (χ1v) is 9.20. The maximum atomic E-state index is 12.8. The van der Waals surface area contributed by atoms with Crippen LogP contribution in [0.3, 0.4) is 0 Å². The number of cyclic esters (lactones) is 1. The number of hydrogen-bond donors (Lipinski definition) is 2. The van der Waals surface area contributed by atoms with Gasteiger partial charge in [-0.1, -0.05) is 12.1 Å². The highest BCUT2D eigenvalue weighted by atomic mass is 19.4. The quantitative estimate of drug-likeness (QED) is 0.808. The molecule has 3 atom stereocenters. The standard InChI is InChI=1S/C18H21F3N4O3/c19-18(20,21)12-3-1-11(2-4-12)16-13-9-24(6-5-14(13)22-23-16)15(26)10-25-7-8-28-17(25)27/h1-4,13-14,16,22-23H,5-10H2. The van der Waals surface area contributed by atoms with Crippen LogP contribution in [0.15, 0.2) is 24.3 Å². The molecule has 2 amide bonds. The molecule has 3 saturated heterocycles. The van der Waals surface area contributed by atoms with E-state index in [2.05, 4.69) is 10.9 Å². The van der Waals surface area contributed by atoms with E-state index in [0.29, 0.717) is 26.2 Å². The molecule has 4 rings (SSSR count). The van der Waals surface area contributed by atoms with Gasteiger partial charge in [0.1, 0.15) is 13.2 Å². The summed E-state index contributed by atoms with van der Waals surface area (Å²) in [5, 5.41) is 0. The Bertz CT molecular complexity index is 755. The van der Waals surface area contributed by atoms with Gasteiger partial charge in [0.15, 0.2) is 0 Å². The van der Waals surface area contributed by atoms with Gasteiger partial charge < -0.3 is 9.64 Å². The number of alkyl halides is 3. The number of amides is 2. The molecule has 0 radical (unpaired) electrons. The molecule has 1 aromatic rings. The van der Waals surface area contributed by atoms with Crippen molar-refractivity contribution in [3.8, 4) is 0 Å². The summed E-state index contributed by atoms with van der Waals surface area (Å²) in [5.74, 6) is -0.115. The number of nitrogens with zero attached hydrogens (tertiary/aromatic N) is 2. The van der Waals surface area contributed by atoms with Gasteiger partial charge in [0.25, 0.3) is 0 Å². The van der Waals surface area contributed by atoms with Crippen molar-refractivity contribution in [2.24, 2.45) is 5.92 Å². The highest BCUT2D eigenvalue weighted by Crippen LogP contribution is 2.35. The van der Waals surface area contributed by atoms with E-state index in [0.717, 1.165) is 24.1 Å². The topological polar surface area (TPSA) is 73.9 Å². The Morgan fingerprint density at radius 2 is 1.93 bits per heavy atom. The first-order valence-electron chi connectivity index (χ1n) is 9.20. The fourth-order valence-corrected chi connectivity index (χ4v) is 4.07. The first kappa shape index (κ1) is 19.0. The summed E-state index contributed by atoms with van der Waals surface area (Å²) in [6.07, 6.45) is -4.12. The summed E-state index contributed by atoms with van der Waals surface area (Å²) in [6, 6.07) is 5.05. The molecule has 3 aliphatic heterocycles. The minimum Gasteiger partial charge on any atom is -0.448 e. The molecule has 0 saturated carbocycles. The zero-order valence-corrected chi connectivity index (χ0v) is 15.0. The van der Waals surface area contributed by atoms with Gasteiger partial charge in [0.2, 0.25) is 5.91 Å². The van der Waals surface area contributed by atoms with Crippen LogP contribution in [0.2, 0.25) is 0 Å². The number of carbonyl (C=O) groups is 2. The van der Waals surface area contributed by atoms with Crippen LogP contribution in [0.1, 0.15) is 23.6 Å². The van der Waals surface area contributed by atoms with Crippen LogP contribution in [-0.4, -0.2) is 60.6 Å². The number of hydrogen-bond acceptors (Lipinski definition) is 5. The zero-order chi connectivity index (χ0) is 19.9. The molecule has 3 aliphatic rings. The molecular formula is C18H21F3N4O3. The average molecular weight is 398 g/mol. The number of nitrogens with one attached hydrogen (secondary N) is 2. The summed E-state index contributed by atoms with van der Waals surface area (Å²) in [4.78, 5) is 27.2. The summed E-state index contributed by atoms with van der Waals surface area (Å²) < 4.78 is 43.2. The lowest BCUT2D eigenvalue weighted by Gasteiger charge is -2.36. The molecule has 0 aliphatic carbocycles. The SMILES string of the molecule is O=C(CN1CCOC1=O)N1CCC2NNC(c3ccc(C(F)(F)F)cc3)C2C1. The molecule has 7 nitrogen and oxygen atoms in total. The van der Waals surface area contributed by atoms with Gasteiger partial charge in [-0.2, -0.15) is 13.2 Å². The maximum absolute atomic E-state index is 12.8. The van der Waals surface area contributed by atoms with Crippen LogP contribution >= 0.6 is 0 Å². The molecule has 10 heteroatoms. The molecule has 152 valence electrons. The Morgan fingerprint density at radius 3 is 2.57 bits per heavy atom. The Hall–Kier alpha value is -2.33. The van der Waals surface area contributed by atoms with Gasteiger partial charge in [-0.25, -0.2) is 10.2 Å². The first-order chi connectivity index (χ1) is 13.3. The molecular weight excluding hydrogens is 377 g/mol. The van der Waals surface area contributed by atoms with Crippen LogP contribution in [0.4, 0.5) is 18.0 Å². The number of rotatable bonds is 3. The van der Waals surface area contributed by atoms with Gasteiger partial charge >= 0.3 is 12.3 Å². The van der Waals surface area contributed by atoms with Crippen molar-refractivity contribution in [3.05, 3.63) is 35.4 Å². The van der Waals surface area contributed by atoms with Crippen LogP contribution < -0.4 is 10.9 Å². The van der Waals surface area contributed by atoms with Crippen molar-refractivity contribution < 1.29 is 27.5 Å². The molecule has 0 spiro atoms. The minimum atomic E-state index is -4.37. The van der Waals surface area contributed by atoms with Crippen molar-refractivity contribution in [2.45, 2.75) is 24.7 Å². The Kier molecular flexibility index (Phi) is 4.92. The molecule has 0 aromatic heterocycles. The van der Waals surface area contributed by atoms with Gasteiger partial charge in [-0.15, -0.1) is 0 Å². The normalized spacial score (nSPS) is 27.7. The Balaban J connectivity index is 1.43. The summed E-state index contributed by atoms with van der Waals surface area (Å²) in [5.41, 5.74) is 6.41. The second-order valence-electron chi connectivity index (χ2n) is 7.32. The zero-order valence-electron chi connectivity index (χ0n) is 15.0. The summed E-state index contributed by atoms with van der Waals surface area (Å²) >= 11 is 0. The fourth-order valence-electron chi connectivity index (χ4n) is 4.07. The van der Waals surface area contributed by atoms with E-state index in [1.807, 2.05) is 0 Å². The number of hydrazine groups is 1. The van der Waals surface area contributed by atoms with E-state index in [1.165, 1.54) is 17.0 Å². The van der Waals surface area contributed by atoms with Crippen LogP contribution in [0.5, 0.6) is 0 Å². The second kappa shape index (κ2) is 7.25. The molecule has 3 unspecified atom stereocenters. The molecule has 3 heterocycles. The number of carbonyl (C=O) groups excluding carboxylic acids is 2. The number of piperidine rings is 1. The lowest BCUT2D eigenvalue weighted by molar-refractivity contribution is -0.137. The van der Waals surface area contributed by atoms with Crippen LogP contribution in [-0.2, 0) is 15.7 Å². The Morgan fingerprint density at radius 1 is 1.18 bits per heavy atom. The molecule has 1 aromatic carbocycles. The highest BCUT2D eigenvalue weighted by molar-refractivity contribution is 5.83. The van der Waals surface area contributed by atoms with Crippen LogP contribution in [0.25, 0.3) is 0 Å². The number of benzene rings is 1. The molecule has 2 N–H and O–H groups in total. The third-order valence-corrected chi connectivity index (χ3v) is 5.63. The predicted octanol–water partition coefficient (Wildman–Crippen LogP) is 1.52. The fraction of sp³-hybridized carbons (Fsp3) is 0.556. The van der Waals surface area contributed by atoms with E-state index < -0.39 is 17.8 Å². The van der Waals surface area contributed by atoms with Crippen molar-refractivity contribution in [1.82, 2.24) is 20.7 Å². The number of ether oxygens (including phenoxy) is 1. The van der Waals surface area contributed by atoms with E-state index in [1.54, 1.807) is 4.90 Å². The summed E-state index contributed by atoms with van der Waals surface area (Å²) in [6.45, 7) is 1.72. The molecule has 0 bridgehead atoms. The largest absolute Gasteiger partial charge is 0.448 e. The van der Waals surface area contributed by atoms with E-state index >= 15 is 0 Å². The maximum Gasteiger partial charge on any atom is 0.416 e. The average Bonchev–Trinajstić information content (AvgIpc) is 3.27. The van der Waals surface area contributed by atoms with Gasteiger partial charge in [-0.05, 0) is 24.1 Å². The smallest absolute Gasteiger partial charge is 0.416 e. The van der Waals surface area contributed by atoms with E-state index in [-0.39, 0.29) is 30.5 Å². The number of likely N-dealkylation sites (tertiary alicyclic amines) is 1. The second-order valence-corrected chi connectivity index (χ2v) is 7.32. The molecule has 3 fully saturated rings. The third kappa shape index (κ3) is 3.66. The lowest BCUT2D eigenvalue weighted by Crippen LogP contribution is -2.50. The lowest BCUT2D eigenvalue weighted by atomic mass is 9.85. The predicted molar refractivity (Wildman–Crippen MR) is 91.9 cm³/mol. The minimum absolute atomic E-state index is 0.0119. The van der Waals surface area contributed by atoms with Gasteiger partial charge in [-0.3, -0.25) is 15.1 Å². The van der Waals surface area contributed by atoms with Crippen LogP contribution in [0, 0.1) is 5.92 Å². The third-order valence-electron chi connectivity index (χ3n) is 5.63. The van der Waals surface area contributed by atoms with E-state index in [9.17, 15) is 22.8 Å². The van der Waals surface area contributed by atoms with Crippen molar-refractivity contribution in [3.63, 3.8) is 0 Å². The van der Waals surface area contributed by atoms with E-state index in [4.69, 9.17) is 4.74 Å². The monoisotopic (exact) mass is 398 g/mol. The number of fused-ring (bicyclic) bond motifs is 1. The van der Waals surface area contributed by atoms with Gasteiger partial charge in [0, 0.05) is 25.0 Å². The van der Waals surface area contributed by atoms with Crippen molar-refractivity contribution in [2.75, 3.05) is 32.8 Å². The molecule has 28 heavy (non-hydrogen) atoms. The number of halogens is 3. The Labute approximate surface area is 159 Å². The van der Waals surface area contributed by atoms with Crippen molar-refractivity contribution >= 4 is 12.0 Å².